The molecule has 0 aromatic carbocycles. The van der Waals surface area contributed by atoms with E-state index in [2.05, 4.69) is 27.6 Å². The standard InChI is InChI=1S/C11H22NO2.ClH/c1-6-12(4,5)8-7-9-14-11(13)10(2)3;/h2,6-9H2,1,3-5H3;1H/q+1;/p-1. The quantitative estimate of drug-likeness (QED) is 0.245. The van der Waals surface area contributed by atoms with Gasteiger partial charge in [0.25, 0.3) is 0 Å². The third-order valence-electron chi connectivity index (χ3n) is 2.35. The number of rotatable bonds is 6. The van der Waals surface area contributed by atoms with E-state index in [0.29, 0.717) is 12.2 Å². The van der Waals surface area contributed by atoms with Gasteiger partial charge in [-0.1, -0.05) is 6.58 Å². The van der Waals surface area contributed by atoms with Crippen molar-refractivity contribution in [2.45, 2.75) is 20.3 Å². The summed E-state index contributed by atoms with van der Waals surface area (Å²) >= 11 is 0. The fraction of sp³-hybridized carbons (Fsp3) is 0.727. The molecular weight excluding hydrogens is 214 g/mol. The third-order valence-corrected chi connectivity index (χ3v) is 2.35. The van der Waals surface area contributed by atoms with Gasteiger partial charge in [0.15, 0.2) is 0 Å². The van der Waals surface area contributed by atoms with Gasteiger partial charge < -0.3 is 21.6 Å². The summed E-state index contributed by atoms with van der Waals surface area (Å²) in [6.45, 7) is 9.95. The van der Waals surface area contributed by atoms with E-state index in [1.807, 2.05) is 0 Å². The zero-order valence-electron chi connectivity index (χ0n) is 10.2. The van der Waals surface area contributed by atoms with E-state index in [0.717, 1.165) is 24.0 Å². The molecule has 0 N–H and O–H groups in total. The number of hydrogen-bond donors (Lipinski definition) is 0. The molecule has 0 saturated heterocycles. The van der Waals surface area contributed by atoms with E-state index in [9.17, 15) is 4.79 Å². The topological polar surface area (TPSA) is 26.3 Å². The highest BCUT2D eigenvalue weighted by Gasteiger charge is 2.11. The number of carbonyl (C=O) groups is 1. The van der Waals surface area contributed by atoms with E-state index < -0.39 is 0 Å². The summed E-state index contributed by atoms with van der Waals surface area (Å²) in [6.07, 6.45) is 0.903. The number of halogens is 1. The van der Waals surface area contributed by atoms with Gasteiger partial charge in [-0.2, -0.15) is 0 Å². The molecule has 4 heteroatoms. The van der Waals surface area contributed by atoms with Crippen LogP contribution in [0.4, 0.5) is 0 Å². The Bertz CT molecular complexity index is 215. The Labute approximate surface area is 99.1 Å². The number of esters is 1. The second-order valence-corrected chi connectivity index (χ2v) is 4.25. The Morgan fingerprint density at radius 2 is 1.93 bits per heavy atom. The normalized spacial score (nSPS) is 10.4. The molecule has 0 unspecified atom stereocenters. The molecular formula is C11H22ClNO2. The predicted octanol–water partition coefficient (Wildman–Crippen LogP) is -1.40. The van der Waals surface area contributed by atoms with Crippen LogP contribution in [0.2, 0.25) is 0 Å². The number of ether oxygens (including phenoxy) is 1. The van der Waals surface area contributed by atoms with Crippen LogP contribution in [-0.4, -0.2) is 44.2 Å². The van der Waals surface area contributed by atoms with Crippen LogP contribution in [0.15, 0.2) is 12.2 Å². The van der Waals surface area contributed by atoms with Gasteiger partial charge in [0.1, 0.15) is 0 Å². The lowest BCUT2D eigenvalue weighted by atomic mass is 10.3. The molecule has 0 fully saturated rings. The molecule has 0 atom stereocenters. The summed E-state index contributed by atoms with van der Waals surface area (Å²) in [5, 5.41) is 0. The largest absolute Gasteiger partial charge is 1.00 e. The SMILES string of the molecule is C=C(C)C(=O)OCCC[N+](C)(C)CC.[Cl-]. The monoisotopic (exact) mass is 235 g/mol. The summed E-state index contributed by atoms with van der Waals surface area (Å²) in [6, 6.07) is 0. The highest BCUT2D eigenvalue weighted by Crippen LogP contribution is 1.99. The van der Waals surface area contributed by atoms with Crippen molar-refractivity contribution in [2.24, 2.45) is 0 Å². The van der Waals surface area contributed by atoms with Gasteiger partial charge in [0, 0.05) is 12.0 Å². The first-order valence-corrected chi connectivity index (χ1v) is 5.03. The summed E-state index contributed by atoms with van der Waals surface area (Å²) < 4.78 is 5.96. The Morgan fingerprint density at radius 1 is 1.40 bits per heavy atom. The van der Waals surface area contributed by atoms with Crippen LogP contribution in [0.3, 0.4) is 0 Å². The number of carbonyl (C=O) groups excluding carboxylic acids is 1. The van der Waals surface area contributed by atoms with E-state index in [4.69, 9.17) is 4.74 Å². The zero-order chi connectivity index (χ0) is 11.2. The Kier molecular flexibility index (Phi) is 8.68. The number of hydrogen-bond acceptors (Lipinski definition) is 2. The minimum atomic E-state index is -0.285. The minimum absolute atomic E-state index is 0. The average Bonchev–Trinajstić information content (AvgIpc) is 2.12. The van der Waals surface area contributed by atoms with Crippen molar-refractivity contribution in [1.82, 2.24) is 0 Å². The molecule has 0 spiro atoms. The average molecular weight is 236 g/mol. The van der Waals surface area contributed by atoms with Gasteiger partial charge in [-0.25, -0.2) is 4.79 Å². The molecule has 3 nitrogen and oxygen atoms in total. The molecule has 0 bridgehead atoms. The molecule has 0 aromatic rings. The maximum atomic E-state index is 11.0. The minimum Gasteiger partial charge on any atom is -1.00 e. The maximum Gasteiger partial charge on any atom is 0.333 e. The summed E-state index contributed by atoms with van der Waals surface area (Å²) in [4.78, 5) is 11.0. The lowest BCUT2D eigenvalue weighted by molar-refractivity contribution is -0.888. The van der Waals surface area contributed by atoms with Gasteiger partial charge >= 0.3 is 5.97 Å². The predicted molar refractivity (Wildman–Crippen MR) is 57.9 cm³/mol. The van der Waals surface area contributed by atoms with E-state index in [1.165, 1.54) is 0 Å². The van der Waals surface area contributed by atoms with Crippen molar-refractivity contribution in [1.29, 1.82) is 0 Å². The first-order chi connectivity index (χ1) is 6.39. The molecule has 0 aliphatic heterocycles. The lowest BCUT2D eigenvalue weighted by Gasteiger charge is -2.27. The zero-order valence-corrected chi connectivity index (χ0v) is 10.9. The highest BCUT2D eigenvalue weighted by molar-refractivity contribution is 5.86. The second-order valence-electron chi connectivity index (χ2n) is 4.25. The smallest absolute Gasteiger partial charge is 0.333 e. The van der Waals surface area contributed by atoms with Gasteiger partial charge in [0.05, 0.1) is 33.8 Å². The van der Waals surface area contributed by atoms with Crippen molar-refractivity contribution in [3.8, 4) is 0 Å². The lowest BCUT2D eigenvalue weighted by Crippen LogP contribution is -3.00. The van der Waals surface area contributed by atoms with E-state index in [-0.39, 0.29) is 18.4 Å². The number of nitrogens with zero attached hydrogens (tertiary/aromatic N) is 1. The van der Waals surface area contributed by atoms with Crippen molar-refractivity contribution < 1.29 is 26.4 Å². The summed E-state index contributed by atoms with van der Waals surface area (Å²) in [5.41, 5.74) is 0.467. The maximum absolute atomic E-state index is 11.0. The van der Waals surface area contributed by atoms with Crippen molar-refractivity contribution in [2.75, 3.05) is 33.8 Å². The summed E-state index contributed by atoms with van der Waals surface area (Å²) in [7, 11) is 4.33. The third kappa shape index (κ3) is 8.45. The molecule has 90 valence electrons. The van der Waals surface area contributed by atoms with Crippen molar-refractivity contribution >= 4 is 5.97 Å². The van der Waals surface area contributed by atoms with Crippen LogP contribution in [-0.2, 0) is 9.53 Å². The molecule has 0 aromatic heterocycles. The highest BCUT2D eigenvalue weighted by atomic mass is 35.5. The molecule has 0 aliphatic carbocycles. The summed E-state index contributed by atoms with van der Waals surface area (Å²) in [5.74, 6) is -0.285. The first-order valence-electron chi connectivity index (χ1n) is 5.03. The molecule has 15 heavy (non-hydrogen) atoms. The van der Waals surface area contributed by atoms with Crippen molar-refractivity contribution in [3.05, 3.63) is 12.2 Å². The number of quaternary nitrogens is 1. The van der Waals surface area contributed by atoms with E-state index >= 15 is 0 Å². The van der Waals surface area contributed by atoms with Gasteiger partial charge in [-0.3, -0.25) is 0 Å². The Hall–Kier alpha value is -0.540. The van der Waals surface area contributed by atoms with Crippen LogP contribution < -0.4 is 12.4 Å². The molecule has 0 rings (SSSR count). The van der Waals surface area contributed by atoms with Crippen LogP contribution in [0, 0.1) is 0 Å². The van der Waals surface area contributed by atoms with E-state index in [1.54, 1.807) is 6.92 Å². The molecule has 0 saturated carbocycles. The van der Waals surface area contributed by atoms with Gasteiger partial charge in [-0.15, -0.1) is 0 Å². The van der Waals surface area contributed by atoms with Crippen molar-refractivity contribution in [3.63, 3.8) is 0 Å². The first kappa shape index (κ1) is 16.9. The molecule has 0 heterocycles. The van der Waals surface area contributed by atoms with Crippen LogP contribution in [0.1, 0.15) is 20.3 Å². The van der Waals surface area contributed by atoms with Gasteiger partial charge in [0.2, 0.25) is 0 Å². The fourth-order valence-electron chi connectivity index (χ4n) is 0.939. The Morgan fingerprint density at radius 3 is 2.33 bits per heavy atom. The fourth-order valence-corrected chi connectivity index (χ4v) is 0.939. The van der Waals surface area contributed by atoms with Gasteiger partial charge in [-0.05, 0) is 13.8 Å². The molecule has 0 aliphatic rings. The Balaban J connectivity index is 0. The van der Waals surface area contributed by atoms with Crippen LogP contribution >= 0.6 is 0 Å². The molecule has 0 amide bonds. The van der Waals surface area contributed by atoms with Crippen LogP contribution in [0.5, 0.6) is 0 Å². The van der Waals surface area contributed by atoms with Crippen LogP contribution in [0.25, 0.3) is 0 Å². The second kappa shape index (κ2) is 7.71. The molecule has 0 radical (unpaired) electrons.